The summed E-state index contributed by atoms with van der Waals surface area (Å²) in [4.78, 5) is 5.21. The Hall–Kier alpha value is -6.17. The quantitative estimate of drug-likeness (QED) is 0.129. The molecule has 1 aliphatic heterocycles. The second kappa shape index (κ2) is 11.7. The van der Waals surface area contributed by atoms with Gasteiger partial charge in [0.25, 0.3) is 0 Å². The first-order valence-electron chi connectivity index (χ1n) is 18.0. The summed E-state index contributed by atoms with van der Waals surface area (Å²) in [6.07, 6.45) is 0. The first-order chi connectivity index (χ1) is 25.5. The molecule has 4 nitrogen and oxygen atoms in total. The molecule has 10 rings (SSSR count). The van der Waals surface area contributed by atoms with Crippen molar-refractivity contribution < 1.29 is 4.74 Å². The Morgan fingerprint density at radius 1 is 0.558 bits per heavy atom. The van der Waals surface area contributed by atoms with E-state index < -0.39 is 8.07 Å². The molecule has 0 fully saturated rings. The van der Waals surface area contributed by atoms with Crippen LogP contribution in [0.25, 0.3) is 33.5 Å². The number of para-hydroxylation sites is 6. The highest BCUT2D eigenvalue weighted by Gasteiger charge is 2.42. The molecule has 9 aromatic rings. The van der Waals surface area contributed by atoms with Crippen molar-refractivity contribution in [2.24, 2.45) is 0 Å². The SMILES string of the molecule is CC1(C)c2ccccc2Oc2c(C[Si](c3ccccc3)(c3ccccc3)c3cccc(-n4c5ccccc5n5c6ccccc6nc45)c3)cccc21. The Bertz CT molecular complexity index is 2740. The van der Waals surface area contributed by atoms with Gasteiger partial charge in [0.15, 0.2) is 8.07 Å². The Morgan fingerprint density at radius 2 is 1.15 bits per heavy atom. The lowest BCUT2D eigenvalue weighted by Gasteiger charge is -2.38. The van der Waals surface area contributed by atoms with Gasteiger partial charge >= 0.3 is 0 Å². The van der Waals surface area contributed by atoms with E-state index in [9.17, 15) is 0 Å². The summed E-state index contributed by atoms with van der Waals surface area (Å²) < 4.78 is 11.5. The molecule has 3 heterocycles. The third-order valence-corrected chi connectivity index (χ3v) is 16.1. The lowest BCUT2D eigenvalue weighted by atomic mass is 9.75. The van der Waals surface area contributed by atoms with E-state index in [1.807, 2.05) is 0 Å². The molecule has 0 spiro atoms. The van der Waals surface area contributed by atoms with Gasteiger partial charge < -0.3 is 4.74 Å². The molecule has 2 aromatic heterocycles. The van der Waals surface area contributed by atoms with Crippen LogP contribution in [0.1, 0.15) is 30.5 Å². The van der Waals surface area contributed by atoms with Crippen LogP contribution < -0.4 is 20.3 Å². The molecule has 1 aliphatic rings. The molecule has 0 N–H and O–H groups in total. The summed E-state index contributed by atoms with van der Waals surface area (Å²) >= 11 is 0. The van der Waals surface area contributed by atoms with Crippen molar-refractivity contribution in [2.75, 3.05) is 0 Å². The summed E-state index contributed by atoms with van der Waals surface area (Å²) in [6, 6.07) is 64.8. The minimum Gasteiger partial charge on any atom is -0.456 e. The van der Waals surface area contributed by atoms with Gasteiger partial charge in [-0.3, -0.25) is 8.97 Å². The van der Waals surface area contributed by atoms with Crippen molar-refractivity contribution in [3.63, 3.8) is 0 Å². The first kappa shape index (κ1) is 30.6. The summed E-state index contributed by atoms with van der Waals surface area (Å²) in [6.45, 7) is 4.64. The standard InChI is InChI=1S/C47H37N3OSi/c1-47(2)38-24-9-14-30-44(38)51-45-33(17-15-25-39(45)47)32-52(35-19-5-3-6-20-35,36-21-7-4-8-22-36)37-23-16-18-34(31-37)49-42-28-12-13-29-43(42)50-41-27-11-10-26-40(41)48-46(49)50/h3-31H,32H2,1-2H3. The van der Waals surface area contributed by atoms with Gasteiger partial charge in [0, 0.05) is 22.2 Å². The highest BCUT2D eigenvalue weighted by atomic mass is 28.3. The van der Waals surface area contributed by atoms with E-state index in [2.05, 4.69) is 199 Å². The Morgan fingerprint density at radius 3 is 1.92 bits per heavy atom. The van der Waals surface area contributed by atoms with E-state index in [1.165, 1.54) is 32.3 Å². The zero-order chi connectivity index (χ0) is 34.9. The highest BCUT2D eigenvalue weighted by Crippen LogP contribution is 2.49. The molecule has 250 valence electrons. The predicted octanol–water partition coefficient (Wildman–Crippen LogP) is 9.12. The molecule has 5 heteroatoms. The van der Waals surface area contributed by atoms with Crippen molar-refractivity contribution in [3.8, 4) is 17.2 Å². The van der Waals surface area contributed by atoms with Crippen LogP contribution in [0.15, 0.2) is 176 Å². The van der Waals surface area contributed by atoms with Gasteiger partial charge in [-0.2, -0.15) is 0 Å². The predicted molar refractivity (Wildman–Crippen MR) is 216 cm³/mol. The van der Waals surface area contributed by atoms with Crippen molar-refractivity contribution >= 4 is 51.5 Å². The summed E-state index contributed by atoms with van der Waals surface area (Å²) in [5.74, 6) is 2.85. The number of imidazole rings is 2. The molecular weight excluding hydrogens is 651 g/mol. The molecular formula is C47H37N3OSi. The second-order valence-electron chi connectivity index (χ2n) is 14.4. The maximum absolute atomic E-state index is 6.91. The summed E-state index contributed by atoms with van der Waals surface area (Å²) in [5.41, 5.74) is 8.96. The molecule has 0 bridgehead atoms. The van der Waals surface area contributed by atoms with Crippen LogP contribution in [0.4, 0.5) is 0 Å². The molecule has 7 aromatic carbocycles. The van der Waals surface area contributed by atoms with Crippen molar-refractivity contribution in [1.29, 1.82) is 0 Å². The van der Waals surface area contributed by atoms with Crippen molar-refractivity contribution in [3.05, 3.63) is 193 Å². The van der Waals surface area contributed by atoms with Crippen LogP contribution in [0.2, 0.25) is 0 Å². The molecule has 52 heavy (non-hydrogen) atoms. The lowest BCUT2D eigenvalue weighted by molar-refractivity contribution is 0.414. The monoisotopic (exact) mass is 687 g/mol. The van der Waals surface area contributed by atoms with Gasteiger partial charge in [-0.25, -0.2) is 4.98 Å². The van der Waals surface area contributed by atoms with Crippen LogP contribution in [0.3, 0.4) is 0 Å². The molecule has 0 atom stereocenters. The fourth-order valence-electron chi connectivity index (χ4n) is 8.72. The Balaban J connectivity index is 1.24. The Labute approximate surface area is 304 Å². The third kappa shape index (κ3) is 4.49. The normalized spacial score (nSPS) is 13.6. The van der Waals surface area contributed by atoms with E-state index >= 15 is 0 Å². The zero-order valence-electron chi connectivity index (χ0n) is 29.2. The van der Waals surface area contributed by atoms with Crippen LogP contribution in [0, 0.1) is 0 Å². The van der Waals surface area contributed by atoms with Gasteiger partial charge in [0.05, 0.1) is 22.1 Å². The third-order valence-electron chi connectivity index (χ3n) is 11.2. The smallest absolute Gasteiger partial charge is 0.220 e. The highest BCUT2D eigenvalue weighted by molar-refractivity contribution is 7.11. The average molecular weight is 688 g/mol. The van der Waals surface area contributed by atoms with Crippen LogP contribution >= 0.6 is 0 Å². The molecule has 0 aliphatic carbocycles. The van der Waals surface area contributed by atoms with Crippen molar-refractivity contribution in [1.82, 2.24) is 14.0 Å². The van der Waals surface area contributed by atoms with E-state index in [-0.39, 0.29) is 5.41 Å². The number of fused-ring (bicyclic) bond motifs is 7. The number of aromatic nitrogens is 3. The van der Waals surface area contributed by atoms with Gasteiger partial charge in [0.2, 0.25) is 5.78 Å². The number of nitrogens with zero attached hydrogens (tertiary/aromatic N) is 3. The topological polar surface area (TPSA) is 31.5 Å². The largest absolute Gasteiger partial charge is 0.456 e. The maximum Gasteiger partial charge on any atom is 0.220 e. The molecule has 0 saturated heterocycles. The van der Waals surface area contributed by atoms with E-state index in [4.69, 9.17) is 9.72 Å². The van der Waals surface area contributed by atoms with E-state index in [1.54, 1.807) is 0 Å². The van der Waals surface area contributed by atoms with Crippen LogP contribution in [0.5, 0.6) is 11.5 Å². The average Bonchev–Trinajstić information content (AvgIpc) is 3.73. The number of hydrogen-bond acceptors (Lipinski definition) is 2. The van der Waals surface area contributed by atoms with E-state index in [0.717, 1.165) is 51.1 Å². The van der Waals surface area contributed by atoms with Gasteiger partial charge in [-0.05, 0) is 69.6 Å². The molecule has 0 amide bonds. The summed E-state index contributed by atoms with van der Waals surface area (Å²) in [7, 11) is -2.79. The molecule has 0 unspecified atom stereocenters. The van der Waals surface area contributed by atoms with Gasteiger partial charge in [-0.1, -0.05) is 147 Å². The molecule has 0 saturated carbocycles. The maximum atomic E-state index is 6.91. The summed E-state index contributed by atoms with van der Waals surface area (Å²) in [5, 5.41) is 4.06. The first-order valence-corrected chi connectivity index (χ1v) is 20.2. The molecule has 0 radical (unpaired) electrons. The number of hydrogen-bond donors (Lipinski definition) is 0. The van der Waals surface area contributed by atoms with Crippen molar-refractivity contribution in [2.45, 2.75) is 25.3 Å². The second-order valence-corrected chi connectivity index (χ2v) is 18.3. The Kier molecular flexibility index (Phi) is 6.89. The van der Waals surface area contributed by atoms with Crippen LogP contribution in [-0.2, 0) is 11.5 Å². The lowest BCUT2D eigenvalue weighted by Crippen LogP contribution is -2.69. The fraction of sp³-hybridized carbons (Fsp3) is 0.0851. The van der Waals surface area contributed by atoms with E-state index in [0.29, 0.717) is 0 Å². The minimum absolute atomic E-state index is 0.196. The van der Waals surface area contributed by atoms with Crippen LogP contribution in [-0.4, -0.2) is 22.0 Å². The number of benzene rings is 7. The number of ether oxygens (including phenoxy) is 1. The van der Waals surface area contributed by atoms with Gasteiger partial charge in [-0.15, -0.1) is 0 Å². The zero-order valence-corrected chi connectivity index (χ0v) is 30.2. The van der Waals surface area contributed by atoms with Gasteiger partial charge in [0.1, 0.15) is 11.5 Å². The minimum atomic E-state index is -2.79. The fourth-order valence-corrected chi connectivity index (χ4v) is 13.5. The number of rotatable bonds is 6.